The number of amides is 1. The predicted octanol–water partition coefficient (Wildman–Crippen LogP) is 2.45. The monoisotopic (exact) mass is 297 g/mol. The van der Waals surface area contributed by atoms with E-state index >= 15 is 0 Å². The van der Waals surface area contributed by atoms with Gasteiger partial charge in [0.25, 0.3) is 0 Å². The summed E-state index contributed by atoms with van der Waals surface area (Å²) in [5, 5.41) is 2.94. The zero-order chi connectivity index (χ0) is 15.8. The minimum Gasteiger partial charge on any atom is -0.398 e. The van der Waals surface area contributed by atoms with Crippen LogP contribution in [0.2, 0.25) is 0 Å². The molecule has 0 saturated carbocycles. The first kappa shape index (κ1) is 15.9. The molecule has 3 N–H and O–H groups in total. The molecule has 2 rings (SSSR count). The first-order chi connectivity index (χ1) is 10.7. The van der Waals surface area contributed by atoms with Gasteiger partial charge in [0.1, 0.15) is 0 Å². The normalized spacial score (nSPS) is 10.2. The van der Waals surface area contributed by atoms with E-state index in [0.29, 0.717) is 18.7 Å². The highest BCUT2D eigenvalue weighted by atomic mass is 16.1. The highest BCUT2D eigenvalue weighted by Gasteiger charge is 2.05. The van der Waals surface area contributed by atoms with E-state index in [9.17, 15) is 4.79 Å². The Morgan fingerprint density at radius 3 is 2.50 bits per heavy atom. The molecule has 0 aliphatic carbocycles. The molecule has 0 atom stereocenters. The maximum Gasteiger partial charge on any atom is 0.224 e. The third-order valence-electron chi connectivity index (χ3n) is 3.60. The molecule has 0 aliphatic heterocycles. The van der Waals surface area contributed by atoms with Crippen LogP contribution in [-0.4, -0.2) is 26.0 Å². The molecule has 2 aromatic rings. The summed E-state index contributed by atoms with van der Waals surface area (Å²) in [6, 6.07) is 17.7. The van der Waals surface area contributed by atoms with Crippen molar-refractivity contribution in [3.63, 3.8) is 0 Å². The molecule has 4 nitrogen and oxygen atoms in total. The Hall–Kier alpha value is -2.49. The molecule has 116 valence electrons. The average molecular weight is 297 g/mol. The molecule has 0 fully saturated rings. The Bertz CT molecular complexity index is 598. The summed E-state index contributed by atoms with van der Waals surface area (Å²) in [5.41, 5.74) is 8.57. The number of nitrogens with two attached hydrogens (primary N) is 1. The van der Waals surface area contributed by atoms with Gasteiger partial charge in [-0.15, -0.1) is 0 Å². The van der Waals surface area contributed by atoms with Gasteiger partial charge in [-0.25, -0.2) is 0 Å². The molecule has 1 amide bonds. The lowest BCUT2D eigenvalue weighted by atomic mass is 10.1. The van der Waals surface area contributed by atoms with Gasteiger partial charge in [0, 0.05) is 31.5 Å². The summed E-state index contributed by atoms with van der Waals surface area (Å²) in [4.78, 5) is 14.1. The van der Waals surface area contributed by atoms with Gasteiger partial charge in [-0.05, 0) is 30.2 Å². The number of hydrogen-bond acceptors (Lipinski definition) is 3. The third-order valence-corrected chi connectivity index (χ3v) is 3.60. The second-order valence-electron chi connectivity index (χ2n) is 5.34. The van der Waals surface area contributed by atoms with Crippen LogP contribution in [0.15, 0.2) is 54.6 Å². The molecule has 2 aromatic carbocycles. The largest absolute Gasteiger partial charge is 0.398 e. The van der Waals surface area contributed by atoms with E-state index in [1.165, 1.54) is 5.69 Å². The first-order valence-electron chi connectivity index (χ1n) is 7.53. The van der Waals surface area contributed by atoms with Crippen molar-refractivity contribution in [1.82, 2.24) is 5.32 Å². The molecule has 4 heteroatoms. The molecule has 0 heterocycles. The second-order valence-corrected chi connectivity index (χ2v) is 5.34. The molecule has 0 aromatic heterocycles. The lowest BCUT2D eigenvalue weighted by Gasteiger charge is -2.19. The van der Waals surface area contributed by atoms with E-state index in [1.54, 1.807) is 0 Å². The van der Waals surface area contributed by atoms with Crippen molar-refractivity contribution in [3.05, 3.63) is 60.2 Å². The number of nitrogen functional groups attached to an aromatic ring is 1. The fraction of sp³-hybridized carbons (Fsp3) is 0.278. The van der Waals surface area contributed by atoms with Crippen LogP contribution in [0.4, 0.5) is 11.4 Å². The smallest absolute Gasteiger partial charge is 0.224 e. The van der Waals surface area contributed by atoms with Crippen LogP contribution in [0.1, 0.15) is 12.0 Å². The zero-order valence-electron chi connectivity index (χ0n) is 13.0. The molecule has 0 saturated heterocycles. The van der Waals surface area contributed by atoms with Gasteiger partial charge in [-0.2, -0.15) is 0 Å². The van der Waals surface area contributed by atoms with E-state index in [1.807, 2.05) is 42.5 Å². The van der Waals surface area contributed by atoms with Gasteiger partial charge in [0.15, 0.2) is 0 Å². The van der Waals surface area contributed by atoms with E-state index in [-0.39, 0.29) is 5.91 Å². The number of carbonyl (C=O) groups excluding carboxylic acids is 1. The van der Waals surface area contributed by atoms with Crippen LogP contribution in [0, 0.1) is 0 Å². The highest BCUT2D eigenvalue weighted by molar-refractivity contribution is 5.80. The Morgan fingerprint density at radius 2 is 1.77 bits per heavy atom. The van der Waals surface area contributed by atoms with Crippen molar-refractivity contribution in [3.8, 4) is 0 Å². The predicted molar refractivity (Wildman–Crippen MR) is 91.9 cm³/mol. The first-order valence-corrected chi connectivity index (χ1v) is 7.53. The molecule has 0 radical (unpaired) electrons. The Balaban J connectivity index is 1.68. The maximum absolute atomic E-state index is 11.9. The van der Waals surface area contributed by atoms with E-state index in [0.717, 1.165) is 18.5 Å². The lowest BCUT2D eigenvalue weighted by molar-refractivity contribution is -0.120. The zero-order valence-corrected chi connectivity index (χ0v) is 13.0. The highest BCUT2D eigenvalue weighted by Crippen LogP contribution is 2.11. The summed E-state index contributed by atoms with van der Waals surface area (Å²) in [6.07, 6.45) is 1.24. The summed E-state index contributed by atoms with van der Waals surface area (Å²) in [6.45, 7) is 1.57. The SMILES string of the molecule is CN(CCCNC(=O)Cc1ccccc1N)c1ccccc1. The number of anilines is 2. The van der Waals surface area contributed by atoms with Crippen LogP contribution in [0.25, 0.3) is 0 Å². The fourth-order valence-electron chi connectivity index (χ4n) is 2.29. The minimum absolute atomic E-state index is 0.0141. The van der Waals surface area contributed by atoms with Crippen LogP contribution < -0.4 is 16.0 Å². The summed E-state index contributed by atoms with van der Waals surface area (Å²) < 4.78 is 0. The van der Waals surface area contributed by atoms with E-state index < -0.39 is 0 Å². The van der Waals surface area contributed by atoms with E-state index in [2.05, 4.69) is 29.4 Å². The third kappa shape index (κ3) is 4.81. The Morgan fingerprint density at radius 1 is 1.09 bits per heavy atom. The van der Waals surface area contributed by atoms with Crippen molar-refractivity contribution in [2.75, 3.05) is 30.8 Å². The van der Waals surface area contributed by atoms with Crippen LogP contribution >= 0.6 is 0 Å². The average Bonchev–Trinajstić information content (AvgIpc) is 2.54. The van der Waals surface area contributed by atoms with Crippen molar-refractivity contribution >= 4 is 17.3 Å². The van der Waals surface area contributed by atoms with Gasteiger partial charge >= 0.3 is 0 Å². The molecule has 0 aliphatic rings. The standard InChI is InChI=1S/C18H23N3O/c1-21(16-9-3-2-4-10-16)13-7-12-20-18(22)14-15-8-5-6-11-17(15)19/h2-6,8-11H,7,12-14,19H2,1H3,(H,20,22). The van der Waals surface area contributed by atoms with Crippen molar-refractivity contribution in [1.29, 1.82) is 0 Å². The van der Waals surface area contributed by atoms with Gasteiger partial charge < -0.3 is 16.0 Å². The van der Waals surface area contributed by atoms with E-state index in [4.69, 9.17) is 5.73 Å². The van der Waals surface area contributed by atoms with Crippen molar-refractivity contribution in [2.24, 2.45) is 0 Å². The number of hydrogen-bond donors (Lipinski definition) is 2. The van der Waals surface area contributed by atoms with Gasteiger partial charge in [-0.1, -0.05) is 36.4 Å². The van der Waals surface area contributed by atoms with Crippen molar-refractivity contribution in [2.45, 2.75) is 12.8 Å². The lowest BCUT2D eigenvalue weighted by Crippen LogP contribution is -2.29. The maximum atomic E-state index is 11.9. The summed E-state index contributed by atoms with van der Waals surface area (Å²) in [7, 11) is 2.06. The van der Waals surface area contributed by atoms with Crippen molar-refractivity contribution < 1.29 is 4.79 Å². The number of rotatable bonds is 7. The number of carbonyl (C=O) groups is 1. The number of nitrogens with zero attached hydrogens (tertiary/aromatic N) is 1. The Labute approximate surface area is 131 Å². The molecular weight excluding hydrogens is 274 g/mol. The topological polar surface area (TPSA) is 58.4 Å². The summed E-state index contributed by atoms with van der Waals surface area (Å²) >= 11 is 0. The molecule has 0 bridgehead atoms. The van der Waals surface area contributed by atoms with Crippen LogP contribution in [0.3, 0.4) is 0 Å². The van der Waals surface area contributed by atoms with Gasteiger partial charge in [0.2, 0.25) is 5.91 Å². The fourth-order valence-corrected chi connectivity index (χ4v) is 2.29. The Kier molecular flexibility index (Phi) is 5.83. The van der Waals surface area contributed by atoms with Gasteiger partial charge in [-0.3, -0.25) is 4.79 Å². The molecule has 22 heavy (non-hydrogen) atoms. The summed E-state index contributed by atoms with van der Waals surface area (Å²) in [5.74, 6) is 0.0141. The number of benzene rings is 2. The quantitative estimate of drug-likeness (QED) is 0.609. The van der Waals surface area contributed by atoms with Crippen LogP contribution in [0.5, 0.6) is 0 Å². The minimum atomic E-state index is 0.0141. The van der Waals surface area contributed by atoms with Crippen LogP contribution in [-0.2, 0) is 11.2 Å². The number of nitrogens with one attached hydrogen (secondary N) is 1. The molecule has 0 unspecified atom stereocenters. The molecular formula is C18H23N3O. The molecule has 0 spiro atoms. The second kappa shape index (κ2) is 8.08. The van der Waals surface area contributed by atoms with Gasteiger partial charge in [0.05, 0.1) is 6.42 Å². The number of para-hydroxylation sites is 2.